The smallest absolute Gasteiger partial charge is 0.168 e. The second-order valence-electron chi connectivity index (χ2n) is 5.53. The molecular weight excluding hydrogens is 224 g/mol. The highest BCUT2D eigenvalue weighted by atomic mass is 16.5. The molecule has 1 saturated heterocycles. The number of rotatable bonds is 2. The van der Waals surface area contributed by atoms with Gasteiger partial charge in [0.1, 0.15) is 0 Å². The standard InChI is InChI=1S/C16H20O2/c1-11-15(8-9-18-11)16(17)14-7-6-12-4-2-3-5-13(12)10-14/h6-7,10-11,15H,2-5,8-9H2,1H3. The van der Waals surface area contributed by atoms with Crippen LogP contribution < -0.4 is 0 Å². The number of carbonyl (C=O) groups is 1. The number of hydrogen-bond acceptors (Lipinski definition) is 2. The molecule has 18 heavy (non-hydrogen) atoms. The highest BCUT2D eigenvalue weighted by Crippen LogP contribution is 2.27. The molecule has 0 spiro atoms. The van der Waals surface area contributed by atoms with Gasteiger partial charge in [-0.05, 0) is 56.2 Å². The average Bonchev–Trinajstić information content (AvgIpc) is 2.83. The Morgan fingerprint density at radius 2 is 2.00 bits per heavy atom. The van der Waals surface area contributed by atoms with Gasteiger partial charge >= 0.3 is 0 Å². The van der Waals surface area contributed by atoms with E-state index < -0.39 is 0 Å². The number of benzene rings is 1. The summed E-state index contributed by atoms with van der Waals surface area (Å²) in [5, 5.41) is 0. The van der Waals surface area contributed by atoms with Crippen LogP contribution in [0, 0.1) is 5.92 Å². The largest absolute Gasteiger partial charge is 0.378 e. The van der Waals surface area contributed by atoms with E-state index in [4.69, 9.17) is 4.74 Å². The van der Waals surface area contributed by atoms with Crippen LogP contribution in [-0.4, -0.2) is 18.5 Å². The lowest BCUT2D eigenvalue weighted by Crippen LogP contribution is -2.22. The first-order valence-electron chi connectivity index (χ1n) is 7.03. The zero-order valence-electron chi connectivity index (χ0n) is 10.9. The van der Waals surface area contributed by atoms with Crippen molar-refractivity contribution in [1.82, 2.24) is 0 Å². The monoisotopic (exact) mass is 244 g/mol. The summed E-state index contributed by atoms with van der Waals surface area (Å²) in [5.74, 6) is 0.333. The number of hydrogen-bond donors (Lipinski definition) is 0. The van der Waals surface area contributed by atoms with E-state index in [0.717, 1.165) is 25.0 Å². The van der Waals surface area contributed by atoms with Crippen molar-refractivity contribution in [2.75, 3.05) is 6.61 Å². The Labute approximate surface area is 108 Å². The number of Topliss-reactive ketones (excluding diaryl/α,β-unsaturated/α-hetero) is 1. The van der Waals surface area contributed by atoms with Crippen LogP contribution in [0.15, 0.2) is 18.2 Å². The Morgan fingerprint density at radius 1 is 1.22 bits per heavy atom. The van der Waals surface area contributed by atoms with Crippen molar-refractivity contribution in [2.45, 2.75) is 45.1 Å². The highest BCUT2D eigenvalue weighted by molar-refractivity contribution is 5.98. The molecule has 0 saturated carbocycles. The van der Waals surface area contributed by atoms with Gasteiger partial charge in [0.05, 0.1) is 12.0 Å². The number of carbonyl (C=O) groups excluding carboxylic acids is 1. The van der Waals surface area contributed by atoms with Crippen molar-refractivity contribution >= 4 is 5.78 Å². The van der Waals surface area contributed by atoms with Crippen molar-refractivity contribution in [3.8, 4) is 0 Å². The lowest BCUT2D eigenvalue weighted by atomic mass is 9.86. The minimum atomic E-state index is 0.0617. The summed E-state index contributed by atoms with van der Waals surface area (Å²) < 4.78 is 5.50. The summed E-state index contributed by atoms with van der Waals surface area (Å²) in [6.45, 7) is 2.73. The molecule has 0 radical (unpaired) electrons. The van der Waals surface area contributed by atoms with E-state index in [0.29, 0.717) is 0 Å². The minimum Gasteiger partial charge on any atom is -0.378 e. The summed E-state index contributed by atoms with van der Waals surface area (Å²) in [7, 11) is 0. The molecule has 2 aliphatic rings. The molecule has 1 heterocycles. The third-order valence-corrected chi connectivity index (χ3v) is 4.35. The molecule has 0 amide bonds. The first-order valence-corrected chi connectivity index (χ1v) is 7.03. The Morgan fingerprint density at radius 3 is 2.72 bits per heavy atom. The predicted molar refractivity (Wildman–Crippen MR) is 70.9 cm³/mol. The summed E-state index contributed by atoms with van der Waals surface area (Å²) in [6, 6.07) is 6.29. The molecule has 0 N–H and O–H groups in total. The Hall–Kier alpha value is -1.15. The van der Waals surface area contributed by atoms with Crippen LogP contribution in [0.3, 0.4) is 0 Å². The number of aryl methyl sites for hydroxylation is 2. The molecule has 0 aromatic heterocycles. The van der Waals surface area contributed by atoms with Crippen LogP contribution in [0.2, 0.25) is 0 Å². The Bertz CT molecular complexity index is 464. The molecule has 1 aliphatic carbocycles. The summed E-state index contributed by atoms with van der Waals surface area (Å²) in [6.07, 6.45) is 5.80. The third-order valence-electron chi connectivity index (χ3n) is 4.35. The topological polar surface area (TPSA) is 26.3 Å². The molecule has 3 rings (SSSR count). The molecule has 96 valence electrons. The molecule has 0 bridgehead atoms. The van der Waals surface area contributed by atoms with Crippen LogP contribution in [0.1, 0.15) is 47.7 Å². The molecular formula is C16H20O2. The quantitative estimate of drug-likeness (QED) is 0.747. The minimum absolute atomic E-state index is 0.0617. The van der Waals surface area contributed by atoms with Crippen LogP contribution in [0.5, 0.6) is 0 Å². The van der Waals surface area contributed by atoms with Crippen molar-refractivity contribution in [3.63, 3.8) is 0 Å². The van der Waals surface area contributed by atoms with Crippen LogP contribution in [-0.2, 0) is 17.6 Å². The molecule has 1 fully saturated rings. The molecule has 1 aromatic carbocycles. The van der Waals surface area contributed by atoms with Gasteiger partial charge < -0.3 is 4.74 Å². The van der Waals surface area contributed by atoms with Crippen molar-refractivity contribution in [1.29, 1.82) is 0 Å². The van der Waals surface area contributed by atoms with Gasteiger partial charge in [-0.15, -0.1) is 0 Å². The van der Waals surface area contributed by atoms with E-state index in [-0.39, 0.29) is 17.8 Å². The molecule has 1 aliphatic heterocycles. The van der Waals surface area contributed by atoms with Crippen molar-refractivity contribution in [2.24, 2.45) is 5.92 Å². The normalized spacial score (nSPS) is 26.9. The second kappa shape index (κ2) is 4.85. The molecule has 1 aromatic rings. The predicted octanol–water partition coefficient (Wildman–Crippen LogP) is 3.17. The van der Waals surface area contributed by atoms with Gasteiger partial charge in [-0.3, -0.25) is 4.79 Å². The Kier molecular flexibility index (Phi) is 3.21. The first-order chi connectivity index (χ1) is 8.75. The summed E-state index contributed by atoms with van der Waals surface area (Å²) in [4.78, 5) is 12.5. The van der Waals surface area contributed by atoms with E-state index in [1.165, 1.54) is 30.4 Å². The summed E-state index contributed by atoms with van der Waals surface area (Å²) in [5.41, 5.74) is 3.71. The van der Waals surface area contributed by atoms with Crippen LogP contribution >= 0.6 is 0 Å². The van der Waals surface area contributed by atoms with Gasteiger partial charge in [0, 0.05) is 12.2 Å². The third kappa shape index (κ3) is 2.10. The van der Waals surface area contributed by atoms with E-state index in [9.17, 15) is 4.79 Å². The molecule has 2 atom stereocenters. The fraction of sp³-hybridized carbons (Fsp3) is 0.562. The zero-order chi connectivity index (χ0) is 12.5. The number of fused-ring (bicyclic) bond motifs is 1. The average molecular weight is 244 g/mol. The van der Waals surface area contributed by atoms with Crippen molar-refractivity contribution in [3.05, 3.63) is 34.9 Å². The summed E-state index contributed by atoms with van der Waals surface area (Å²) >= 11 is 0. The number of ether oxygens (including phenoxy) is 1. The maximum Gasteiger partial charge on any atom is 0.168 e. The maximum atomic E-state index is 12.5. The van der Waals surface area contributed by atoms with E-state index in [2.05, 4.69) is 12.1 Å². The number of ketones is 1. The van der Waals surface area contributed by atoms with Gasteiger partial charge in [0.15, 0.2) is 5.78 Å². The van der Waals surface area contributed by atoms with Gasteiger partial charge in [0.25, 0.3) is 0 Å². The maximum absolute atomic E-state index is 12.5. The molecule has 2 nitrogen and oxygen atoms in total. The van der Waals surface area contributed by atoms with Gasteiger partial charge in [-0.1, -0.05) is 12.1 Å². The SMILES string of the molecule is CC1OCCC1C(=O)c1ccc2c(c1)CCCC2. The molecule has 2 heteroatoms. The highest BCUT2D eigenvalue weighted by Gasteiger charge is 2.31. The van der Waals surface area contributed by atoms with Gasteiger partial charge in [-0.2, -0.15) is 0 Å². The molecule has 2 unspecified atom stereocenters. The zero-order valence-corrected chi connectivity index (χ0v) is 10.9. The van der Waals surface area contributed by atoms with Crippen LogP contribution in [0.4, 0.5) is 0 Å². The van der Waals surface area contributed by atoms with Crippen molar-refractivity contribution < 1.29 is 9.53 Å². The lowest BCUT2D eigenvalue weighted by molar-refractivity contribution is 0.0764. The fourth-order valence-corrected chi connectivity index (χ4v) is 3.18. The first kappa shape index (κ1) is 11.9. The van der Waals surface area contributed by atoms with E-state index in [1.807, 2.05) is 13.0 Å². The van der Waals surface area contributed by atoms with E-state index >= 15 is 0 Å². The van der Waals surface area contributed by atoms with Crippen LogP contribution in [0.25, 0.3) is 0 Å². The second-order valence-corrected chi connectivity index (χ2v) is 5.53. The Balaban J connectivity index is 1.85. The van der Waals surface area contributed by atoms with E-state index in [1.54, 1.807) is 0 Å². The van der Waals surface area contributed by atoms with Gasteiger partial charge in [-0.25, -0.2) is 0 Å². The lowest BCUT2D eigenvalue weighted by Gasteiger charge is -2.18. The fourth-order valence-electron chi connectivity index (χ4n) is 3.18. The van der Waals surface area contributed by atoms with Gasteiger partial charge in [0.2, 0.25) is 0 Å².